The Hall–Kier alpha value is -3.73. The minimum Gasteiger partial charge on any atom is -0.508 e. The highest BCUT2D eigenvalue weighted by Crippen LogP contribution is 2.42. The van der Waals surface area contributed by atoms with Gasteiger partial charge >= 0.3 is 6.09 Å². The van der Waals surface area contributed by atoms with Crippen LogP contribution in [0, 0.1) is 5.92 Å². The van der Waals surface area contributed by atoms with Crippen LogP contribution >= 0.6 is 0 Å². The van der Waals surface area contributed by atoms with Gasteiger partial charge in [0.05, 0.1) is 24.9 Å². The predicted octanol–water partition coefficient (Wildman–Crippen LogP) is 5.08. The molecule has 1 aliphatic rings. The van der Waals surface area contributed by atoms with Crippen LogP contribution in [0.3, 0.4) is 0 Å². The van der Waals surface area contributed by atoms with Crippen molar-refractivity contribution >= 4 is 11.8 Å². The summed E-state index contributed by atoms with van der Waals surface area (Å²) < 4.78 is 18.0. The van der Waals surface area contributed by atoms with Crippen LogP contribution in [0.2, 0.25) is 0 Å². The van der Waals surface area contributed by atoms with Crippen molar-refractivity contribution in [1.82, 2.24) is 4.90 Å². The van der Waals surface area contributed by atoms with Gasteiger partial charge in [0, 0.05) is 30.3 Å². The third-order valence-corrected chi connectivity index (χ3v) is 7.12. The summed E-state index contributed by atoms with van der Waals surface area (Å²) in [6.07, 6.45) is -1.06. The molecule has 1 heterocycles. The van der Waals surface area contributed by atoms with Crippen LogP contribution in [-0.4, -0.2) is 59.2 Å². The van der Waals surface area contributed by atoms with Crippen molar-refractivity contribution < 1.29 is 34.3 Å². The van der Waals surface area contributed by atoms with Crippen LogP contribution in [0.25, 0.3) is 0 Å². The second kappa shape index (κ2) is 14.2. The third-order valence-electron chi connectivity index (χ3n) is 7.12. The summed E-state index contributed by atoms with van der Waals surface area (Å²) in [6, 6.07) is 21.5. The Morgan fingerprint density at radius 2 is 1.80 bits per heavy atom. The van der Waals surface area contributed by atoms with E-state index in [1.807, 2.05) is 48.3 Å². The van der Waals surface area contributed by atoms with Crippen molar-refractivity contribution in [3.8, 4) is 5.75 Å². The summed E-state index contributed by atoms with van der Waals surface area (Å²) in [5, 5.41) is 32.7. The lowest BCUT2D eigenvalue weighted by Crippen LogP contribution is -2.44. The monoisotopic (exact) mass is 562 g/mol. The number of likely N-dealkylation sites (N-methyl/N-ethyl adjacent to an activating group) is 1. The van der Waals surface area contributed by atoms with E-state index in [2.05, 4.69) is 18.8 Å². The number of aliphatic hydroxyl groups is 2. The van der Waals surface area contributed by atoms with Gasteiger partial charge in [0.25, 0.3) is 0 Å². The van der Waals surface area contributed by atoms with Gasteiger partial charge in [-0.3, -0.25) is 5.32 Å². The molecule has 0 bridgehead atoms. The fourth-order valence-corrected chi connectivity index (χ4v) is 4.85. The lowest BCUT2D eigenvalue weighted by atomic mass is 9.90. The Bertz CT molecular complexity index is 1280. The van der Waals surface area contributed by atoms with E-state index in [0.717, 1.165) is 16.7 Å². The Balaban J connectivity index is 1.51. The number of hydrogen-bond donors (Lipinski definition) is 4. The van der Waals surface area contributed by atoms with E-state index in [1.54, 1.807) is 36.4 Å². The Kier molecular flexibility index (Phi) is 10.5. The van der Waals surface area contributed by atoms with Crippen molar-refractivity contribution in [1.29, 1.82) is 0 Å². The standard InChI is InChI=1S/C32H38N2O7/c1-4-16-39-32(38)33-26-14-12-24(13-15-26)31-40-29(19-34(3)18-28(37)25-6-5-7-27(36)17-25)21(2)30(41-31)23-10-8-22(20-35)9-11-23/h4-15,17,21,28-31,35-37H,1,16,18-20H2,2-3H3,(H,33,38)/t21-,28-,29+,30+,31+/m1/s1. The highest BCUT2D eigenvalue weighted by atomic mass is 16.7. The largest absolute Gasteiger partial charge is 0.508 e. The van der Waals surface area contributed by atoms with Crippen LogP contribution in [0.1, 0.15) is 47.7 Å². The SMILES string of the molecule is C=CCOC(=O)Nc1ccc([C@H]2O[C@@H](CN(C)C[C@@H](O)c3cccc(O)c3)[C@@H](C)[C@@H](c3ccc(CO)cc3)O2)cc1. The molecule has 4 N–H and O–H groups in total. The Morgan fingerprint density at radius 1 is 1.10 bits per heavy atom. The van der Waals surface area contributed by atoms with Crippen molar-refractivity contribution in [3.63, 3.8) is 0 Å². The van der Waals surface area contributed by atoms with Gasteiger partial charge in [0.2, 0.25) is 0 Å². The molecule has 9 heteroatoms. The fraction of sp³-hybridized carbons (Fsp3) is 0.344. The van der Waals surface area contributed by atoms with Gasteiger partial charge in [0.1, 0.15) is 12.4 Å². The number of carbonyl (C=O) groups is 1. The number of phenolic OH excluding ortho intramolecular Hbond substituents is 1. The molecule has 1 saturated heterocycles. The normalized spacial score (nSPS) is 21.3. The number of aromatic hydroxyl groups is 1. The molecule has 0 saturated carbocycles. The van der Waals surface area contributed by atoms with Crippen molar-refractivity contribution in [3.05, 3.63) is 108 Å². The maximum Gasteiger partial charge on any atom is 0.411 e. The molecule has 0 unspecified atom stereocenters. The number of aliphatic hydroxyl groups excluding tert-OH is 2. The number of carbonyl (C=O) groups excluding carboxylic acids is 1. The van der Waals surface area contributed by atoms with Crippen LogP contribution in [0.15, 0.2) is 85.5 Å². The molecule has 4 rings (SSSR count). The molecule has 41 heavy (non-hydrogen) atoms. The molecule has 1 amide bonds. The molecule has 1 fully saturated rings. The second-order valence-electron chi connectivity index (χ2n) is 10.3. The van der Waals surface area contributed by atoms with Crippen LogP contribution < -0.4 is 5.32 Å². The molecule has 0 aromatic heterocycles. The molecule has 1 aliphatic heterocycles. The van der Waals surface area contributed by atoms with E-state index < -0.39 is 18.5 Å². The lowest BCUT2D eigenvalue weighted by Gasteiger charge is -2.42. The zero-order valence-corrected chi connectivity index (χ0v) is 23.3. The van der Waals surface area contributed by atoms with Gasteiger partial charge in [-0.05, 0) is 48.0 Å². The summed E-state index contributed by atoms with van der Waals surface area (Å²) in [7, 11) is 1.92. The van der Waals surface area contributed by atoms with E-state index in [1.165, 1.54) is 6.08 Å². The lowest BCUT2D eigenvalue weighted by molar-refractivity contribution is -0.276. The minimum atomic E-state index is -0.780. The molecule has 3 aromatic carbocycles. The number of anilines is 1. The fourth-order valence-electron chi connectivity index (χ4n) is 4.85. The van der Waals surface area contributed by atoms with Gasteiger partial charge < -0.3 is 34.4 Å². The van der Waals surface area contributed by atoms with Crippen LogP contribution in [0.4, 0.5) is 10.5 Å². The molecule has 5 atom stereocenters. The predicted molar refractivity (Wildman–Crippen MR) is 155 cm³/mol. The second-order valence-corrected chi connectivity index (χ2v) is 10.3. The van der Waals surface area contributed by atoms with Crippen LogP contribution in [-0.2, 0) is 20.8 Å². The number of rotatable bonds is 11. The van der Waals surface area contributed by atoms with E-state index in [4.69, 9.17) is 14.2 Å². The molecule has 0 aliphatic carbocycles. The molecule has 218 valence electrons. The molecular weight excluding hydrogens is 524 g/mol. The van der Waals surface area contributed by atoms with E-state index >= 15 is 0 Å². The Labute approximate surface area is 240 Å². The van der Waals surface area contributed by atoms with Crippen molar-refractivity contribution in [2.24, 2.45) is 5.92 Å². The third kappa shape index (κ3) is 8.16. The summed E-state index contributed by atoms with van der Waals surface area (Å²) in [6.45, 7) is 6.56. The van der Waals surface area contributed by atoms with Crippen LogP contribution in [0.5, 0.6) is 5.75 Å². The van der Waals surface area contributed by atoms with E-state index in [-0.39, 0.29) is 37.1 Å². The van der Waals surface area contributed by atoms with Crippen molar-refractivity contribution in [2.75, 3.05) is 32.1 Å². The molecule has 0 radical (unpaired) electrons. The zero-order valence-electron chi connectivity index (χ0n) is 23.3. The first-order valence-electron chi connectivity index (χ1n) is 13.6. The average molecular weight is 563 g/mol. The van der Waals surface area contributed by atoms with Gasteiger partial charge in [-0.25, -0.2) is 4.79 Å². The number of benzene rings is 3. The zero-order chi connectivity index (χ0) is 29.4. The maximum atomic E-state index is 11.9. The highest BCUT2D eigenvalue weighted by Gasteiger charge is 2.39. The Morgan fingerprint density at radius 3 is 2.46 bits per heavy atom. The van der Waals surface area contributed by atoms with Gasteiger partial charge in [-0.1, -0.05) is 68.1 Å². The first-order chi connectivity index (χ1) is 19.8. The van der Waals surface area contributed by atoms with Gasteiger partial charge in [0.15, 0.2) is 6.29 Å². The quantitative estimate of drug-likeness (QED) is 0.239. The van der Waals surface area contributed by atoms with E-state index in [0.29, 0.717) is 24.3 Å². The smallest absolute Gasteiger partial charge is 0.411 e. The summed E-state index contributed by atoms with van der Waals surface area (Å²) in [4.78, 5) is 13.9. The topological polar surface area (TPSA) is 121 Å². The summed E-state index contributed by atoms with van der Waals surface area (Å²) in [5.74, 6) is 0.0746. The molecule has 0 spiro atoms. The summed E-state index contributed by atoms with van der Waals surface area (Å²) >= 11 is 0. The molecule has 3 aromatic rings. The minimum absolute atomic E-state index is 0.0350. The number of hydrogen-bond acceptors (Lipinski definition) is 8. The first kappa shape index (κ1) is 30.2. The molecular formula is C32H38N2O7. The summed E-state index contributed by atoms with van der Waals surface area (Å²) in [5.41, 5.74) is 3.78. The van der Waals surface area contributed by atoms with E-state index in [9.17, 15) is 20.1 Å². The maximum absolute atomic E-state index is 11.9. The number of amides is 1. The van der Waals surface area contributed by atoms with Gasteiger partial charge in [-0.2, -0.15) is 0 Å². The van der Waals surface area contributed by atoms with Gasteiger partial charge in [-0.15, -0.1) is 0 Å². The number of phenols is 1. The highest BCUT2D eigenvalue weighted by molar-refractivity contribution is 5.84. The molecule has 9 nitrogen and oxygen atoms in total. The number of nitrogens with one attached hydrogen (secondary N) is 1. The number of nitrogens with zero attached hydrogens (tertiary/aromatic N) is 1. The number of ether oxygens (including phenoxy) is 3. The average Bonchev–Trinajstić information content (AvgIpc) is 2.97. The van der Waals surface area contributed by atoms with Crippen molar-refractivity contribution in [2.45, 2.75) is 38.1 Å². The first-order valence-corrected chi connectivity index (χ1v) is 13.6.